The Morgan fingerprint density at radius 1 is 1.00 bits per heavy atom. The third-order valence-electron chi connectivity index (χ3n) is 4.75. The number of aliphatic carboxylic acids is 2. The van der Waals surface area contributed by atoms with Gasteiger partial charge in [-0.15, -0.1) is 0 Å². The molecule has 9 N–H and O–H groups in total. The maximum Gasteiger partial charge on any atom is 0.326 e. The number of aromatic nitrogens is 1. The van der Waals surface area contributed by atoms with E-state index in [4.69, 9.17) is 16.6 Å². The molecule has 1 heterocycles. The minimum atomic E-state index is -1.52. The minimum absolute atomic E-state index is 0.136. The molecule has 0 spiro atoms. The number of carbonyl (C=O) groups is 5. The van der Waals surface area contributed by atoms with E-state index in [1.54, 1.807) is 6.20 Å². The second-order valence-electron chi connectivity index (χ2n) is 7.23. The van der Waals surface area contributed by atoms with Gasteiger partial charge in [0.2, 0.25) is 17.7 Å². The van der Waals surface area contributed by atoms with E-state index in [0.29, 0.717) is 0 Å². The number of carbonyl (C=O) groups excluding carboxylic acids is 3. The maximum atomic E-state index is 12.6. The van der Waals surface area contributed by atoms with Gasteiger partial charge in [-0.05, 0) is 24.5 Å². The van der Waals surface area contributed by atoms with Gasteiger partial charge in [0, 0.05) is 23.5 Å². The topological polar surface area (TPSA) is 218 Å². The molecule has 32 heavy (non-hydrogen) atoms. The number of amides is 3. The number of para-hydroxylation sites is 1. The van der Waals surface area contributed by atoms with Crippen LogP contribution in [0.25, 0.3) is 10.9 Å². The van der Waals surface area contributed by atoms with Crippen LogP contribution in [0.4, 0.5) is 0 Å². The Morgan fingerprint density at radius 3 is 2.28 bits per heavy atom. The fourth-order valence-electron chi connectivity index (χ4n) is 3.12. The maximum absolute atomic E-state index is 12.6. The van der Waals surface area contributed by atoms with Crippen LogP contribution in [0.5, 0.6) is 0 Å². The summed E-state index contributed by atoms with van der Waals surface area (Å²) in [6.07, 6.45) is 0.373. The molecule has 3 amide bonds. The van der Waals surface area contributed by atoms with Crippen LogP contribution in [0.3, 0.4) is 0 Å². The molecule has 3 unspecified atom stereocenters. The highest BCUT2D eigenvalue weighted by Gasteiger charge is 2.29. The predicted molar refractivity (Wildman–Crippen MR) is 112 cm³/mol. The molecule has 12 nitrogen and oxygen atoms in total. The van der Waals surface area contributed by atoms with Gasteiger partial charge in [0.1, 0.15) is 12.1 Å². The highest BCUT2D eigenvalue weighted by molar-refractivity contribution is 5.95. The standard InChI is InChI=1S/C20H25N5O7/c21-12(7-10-9-23-13-4-2-1-3-11(10)13)18(29)25-15(8-16(22)26)19(30)24-14(20(31)32)5-6-17(27)28/h1-4,9,12,14-15,23H,5-8,21H2,(H2,22,26)(H,24,30)(H,25,29)(H,27,28)(H,31,32). The zero-order valence-corrected chi connectivity index (χ0v) is 17.0. The number of hydrogen-bond donors (Lipinski definition) is 7. The van der Waals surface area contributed by atoms with E-state index < -0.39 is 60.6 Å². The number of carboxylic acid groups (broad SMARTS) is 2. The van der Waals surface area contributed by atoms with Gasteiger partial charge in [0.05, 0.1) is 12.5 Å². The molecule has 172 valence electrons. The van der Waals surface area contributed by atoms with Crippen LogP contribution in [0.15, 0.2) is 30.5 Å². The van der Waals surface area contributed by atoms with Gasteiger partial charge < -0.3 is 37.3 Å². The number of fused-ring (bicyclic) bond motifs is 1. The van der Waals surface area contributed by atoms with Crippen LogP contribution in [0, 0.1) is 0 Å². The van der Waals surface area contributed by atoms with E-state index in [9.17, 15) is 29.1 Å². The molecule has 0 radical (unpaired) electrons. The lowest BCUT2D eigenvalue weighted by molar-refractivity contribution is -0.143. The summed E-state index contributed by atoms with van der Waals surface area (Å²) >= 11 is 0. The third-order valence-corrected chi connectivity index (χ3v) is 4.75. The first-order valence-corrected chi connectivity index (χ1v) is 9.72. The SMILES string of the molecule is NC(=O)CC(NC(=O)C(N)Cc1c[nH]c2ccccc12)C(=O)NC(CCC(=O)O)C(=O)O. The van der Waals surface area contributed by atoms with Crippen molar-refractivity contribution in [2.75, 3.05) is 0 Å². The average molecular weight is 447 g/mol. The van der Waals surface area contributed by atoms with Crippen LogP contribution < -0.4 is 22.1 Å². The first-order valence-electron chi connectivity index (χ1n) is 9.72. The number of nitrogens with one attached hydrogen (secondary N) is 3. The van der Waals surface area contributed by atoms with Crippen molar-refractivity contribution >= 4 is 40.6 Å². The Kier molecular flexibility index (Phi) is 8.30. The van der Waals surface area contributed by atoms with Crippen LogP contribution in [0.2, 0.25) is 0 Å². The molecule has 0 fully saturated rings. The molecule has 1 aromatic carbocycles. The third kappa shape index (κ3) is 6.80. The molecular weight excluding hydrogens is 422 g/mol. The second kappa shape index (κ2) is 10.9. The van der Waals surface area contributed by atoms with Gasteiger partial charge in [-0.25, -0.2) is 4.79 Å². The predicted octanol–water partition coefficient (Wildman–Crippen LogP) is -1.17. The second-order valence-corrected chi connectivity index (χ2v) is 7.23. The van der Waals surface area contributed by atoms with Gasteiger partial charge in [-0.2, -0.15) is 0 Å². The summed E-state index contributed by atoms with van der Waals surface area (Å²) < 4.78 is 0. The molecular formula is C20H25N5O7. The first-order chi connectivity index (χ1) is 15.1. The lowest BCUT2D eigenvalue weighted by Crippen LogP contribution is -2.55. The minimum Gasteiger partial charge on any atom is -0.481 e. The van der Waals surface area contributed by atoms with Gasteiger partial charge in [-0.1, -0.05) is 18.2 Å². The monoisotopic (exact) mass is 447 g/mol. The molecule has 2 rings (SSSR count). The fraction of sp³-hybridized carbons (Fsp3) is 0.350. The first kappa shape index (κ1) is 24.3. The van der Waals surface area contributed by atoms with Gasteiger partial charge >= 0.3 is 11.9 Å². The van der Waals surface area contributed by atoms with E-state index >= 15 is 0 Å². The molecule has 0 aliphatic rings. The molecule has 1 aromatic heterocycles. The molecule has 0 bridgehead atoms. The van der Waals surface area contributed by atoms with E-state index in [0.717, 1.165) is 16.5 Å². The van der Waals surface area contributed by atoms with Crippen molar-refractivity contribution < 1.29 is 34.2 Å². The lowest BCUT2D eigenvalue weighted by atomic mass is 10.0. The van der Waals surface area contributed by atoms with Crippen LogP contribution in [-0.4, -0.2) is 63.0 Å². The van der Waals surface area contributed by atoms with Crippen LogP contribution >= 0.6 is 0 Å². The molecule has 12 heteroatoms. The Bertz CT molecular complexity index is 1020. The molecule has 2 aromatic rings. The van der Waals surface area contributed by atoms with E-state index in [1.807, 2.05) is 24.3 Å². The van der Waals surface area contributed by atoms with Crippen molar-refractivity contribution in [2.24, 2.45) is 11.5 Å². The van der Waals surface area contributed by atoms with Crippen molar-refractivity contribution in [1.82, 2.24) is 15.6 Å². The summed E-state index contributed by atoms with van der Waals surface area (Å²) in [5.41, 5.74) is 12.8. The quantitative estimate of drug-likeness (QED) is 0.210. The van der Waals surface area contributed by atoms with Crippen molar-refractivity contribution in [3.63, 3.8) is 0 Å². The van der Waals surface area contributed by atoms with E-state index in [1.165, 1.54) is 0 Å². The highest BCUT2D eigenvalue weighted by atomic mass is 16.4. The largest absolute Gasteiger partial charge is 0.481 e. The van der Waals surface area contributed by atoms with Crippen molar-refractivity contribution in [1.29, 1.82) is 0 Å². The lowest BCUT2D eigenvalue weighted by Gasteiger charge is -2.22. The summed E-state index contributed by atoms with van der Waals surface area (Å²) in [6.45, 7) is 0. The Morgan fingerprint density at radius 2 is 1.66 bits per heavy atom. The number of H-pyrrole nitrogens is 1. The number of primary amides is 1. The van der Waals surface area contributed by atoms with Crippen LogP contribution in [0.1, 0.15) is 24.8 Å². The highest BCUT2D eigenvalue weighted by Crippen LogP contribution is 2.18. The van der Waals surface area contributed by atoms with Crippen molar-refractivity contribution in [3.05, 3.63) is 36.0 Å². The van der Waals surface area contributed by atoms with Gasteiger partial charge in [0.25, 0.3) is 0 Å². The number of carboxylic acids is 2. The number of rotatable bonds is 12. The Labute approximate surface area is 182 Å². The summed E-state index contributed by atoms with van der Waals surface area (Å²) in [4.78, 5) is 61.5. The Balaban J connectivity index is 2.06. The molecule has 3 atom stereocenters. The zero-order valence-electron chi connectivity index (χ0n) is 17.0. The fourth-order valence-corrected chi connectivity index (χ4v) is 3.12. The summed E-state index contributed by atoms with van der Waals surface area (Å²) in [5, 5.41) is 23.2. The summed E-state index contributed by atoms with van der Waals surface area (Å²) in [7, 11) is 0. The number of hydrogen-bond acceptors (Lipinski definition) is 6. The molecule has 0 saturated carbocycles. The van der Waals surface area contributed by atoms with Gasteiger partial charge in [-0.3, -0.25) is 19.2 Å². The average Bonchev–Trinajstić information content (AvgIpc) is 3.12. The zero-order chi connectivity index (χ0) is 23.8. The number of aromatic amines is 1. The summed E-state index contributed by atoms with van der Waals surface area (Å²) in [5.74, 6) is -5.34. The van der Waals surface area contributed by atoms with Gasteiger partial charge in [0.15, 0.2) is 0 Å². The summed E-state index contributed by atoms with van der Waals surface area (Å²) in [6, 6.07) is 3.34. The normalized spacial score (nSPS) is 13.7. The van der Waals surface area contributed by atoms with E-state index in [-0.39, 0.29) is 12.8 Å². The molecule has 0 saturated heterocycles. The number of nitrogens with two attached hydrogens (primary N) is 2. The molecule has 0 aliphatic heterocycles. The van der Waals surface area contributed by atoms with Crippen molar-refractivity contribution in [2.45, 2.75) is 43.8 Å². The Hall–Kier alpha value is -3.93. The van der Waals surface area contributed by atoms with Crippen molar-refractivity contribution in [3.8, 4) is 0 Å². The van der Waals surface area contributed by atoms with E-state index in [2.05, 4.69) is 15.6 Å². The van der Waals surface area contributed by atoms with Crippen LogP contribution in [-0.2, 0) is 30.4 Å². The number of benzene rings is 1. The smallest absolute Gasteiger partial charge is 0.326 e. The molecule has 0 aliphatic carbocycles.